The lowest BCUT2D eigenvalue weighted by Crippen LogP contribution is -2.41. The summed E-state index contributed by atoms with van der Waals surface area (Å²) in [4.78, 5) is 12.0. The molecule has 2 aromatic rings. The Hall–Kier alpha value is -3.22. The fourth-order valence-electron chi connectivity index (χ4n) is 3.57. The van der Waals surface area contributed by atoms with Gasteiger partial charge in [-0.2, -0.15) is 5.10 Å². The van der Waals surface area contributed by atoms with Gasteiger partial charge in [-0.05, 0) is 62.6 Å². The highest BCUT2D eigenvalue weighted by Gasteiger charge is 2.15. The van der Waals surface area contributed by atoms with Gasteiger partial charge in [-0.1, -0.05) is 37.0 Å². The van der Waals surface area contributed by atoms with Crippen LogP contribution in [-0.4, -0.2) is 38.1 Å². The van der Waals surface area contributed by atoms with Crippen LogP contribution in [0.5, 0.6) is 17.2 Å². The van der Waals surface area contributed by atoms with E-state index in [-0.39, 0.29) is 12.1 Å². The third kappa shape index (κ3) is 7.80. The van der Waals surface area contributed by atoms with Crippen LogP contribution in [0.3, 0.4) is 0 Å². The zero-order valence-electron chi connectivity index (χ0n) is 18.9. The molecule has 0 unspecified atom stereocenters. The fraction of sp³-hybridized carbons (Fsp3) is 0.440. The molecule has 0 radical (unpaired) electrons. The Labute approximate surface area is 190 Å². The van der Waals surface area contributed by atoms with Crippen LogP contribution >= 0.6 is 0 Å². The molecule has 3 rings (SSSR count). The number of hydrogen-bond donors (Lipinski definition) is 2. The van der Waals surface area contributed by atoms with Crippen LogP contribution in [0.4, 0.5) is 4.79 Å². The van der Waals surface area contributed by atoms with E-state index in [2.05, 4.69) is 15.8 Å². The van der Waals surface area contributed by atoms with Crippen molar-refractivity contribution in [3.05, 3.63) is 53.6 Å². The molecule has 7 heteroatoms. The highest BCUT2D eigenvalue weighted by atomic mass is 16.5. The molecule has 0 heterocycles. The van der Waals surface area contributed by atoms with Crippen LogP contribution in [0.15, 0.2) is 47.6 Å². The van der Waals surface area contributed by atoms with Crippen LogP contribution in [0, 0.1) is 6.92 Å². The van der Waals surface area contributed by atoms with Gasteiger partial charge in [0.15, 0.2) is 11.5 Å². The second-order valence-electron chi connectivity index (χ2n) is 7.83. The van der Waals surface area contributed by atoms with Crippen LogP contribution in [0.1, 0.15) is 50.2 Å². The van der Waals surface area contributed by atoms with Crippen molar-refractivity contribution in [1.82, 2.24) is 10.7 Å². The fourth-order valence-corrected chi connectivity index (χ4v) is 3.57. The van der Waals surface area contributed by atoms with Gasteiger partial charge in [-0.15, -0.1) is 0 Å². The van der Waals surface area contributed by atoms with Gasteiger partial charge in [0.25, 0.3) is 0 Å². The second kappa shape index (κ2) is 12.6. The van der Waals surface area contributed by atoms with Crippen molar-refractivity contribution in [2.45, 2.75) is 52.0 Å². The molecular formula is C25H33N3O4. The monoisotopic (exact) mass is 439 g/mol. The van der Waals surface area contributed by atoms with Crippen LogP contribution in [0.2, 0.25) is 0 Å². The standard InChI is InChI=1S/C25H33N3O4/c1-3-30-24-17-20(18-26-28-25(29)27-21-7-5-4-6-8-21)11-14-23(24)32-16-15-31-22-12-9-19(2)10-13-22/h9-14,17-18,21H,3-8,15-16H2,1-2H3,(H2,27,28,29). The van der Waals surface area contributed by atoms with Gasteiger partial charge in [0.1, 0.15) is 19.0 Å². The van der Waals surface area contributed by atoms with Gasteiger partial charge in [0, 0.05) is 6.04 Å². The van der Waals surface area contributed by atoms with Crippen molar-refractivity contribution in [1.29, 1.82) is 0 Å². The number of nitrogens with zero attached hydrogens (tertiary/aromatic N) is 1. The maximum atomic E-state index is 12.0. The summed E-state index contributed by atoms with van der Waals surface area (Å²) in [6.45, 7) is 5.29. The topological polar surface area (TPSA) is 81.2 Å². The normalized spacial score (nSPS) is 14.2. The minimum absolute atomic E-state index is 0.245. The Morgan fingerprint density at radius 2 is 1.75 bits per heavy atom. The molecule has 2 aromatic carbocycles. The SMILES string of the molecule is CCOc1cc(C=NNC(=O)NC2CCCCC2)ccc1OCCOc1ccc(C)cc1. The summed E-state index contributed by atoms with van der Waals surface area (Å²) in [6.07, 6.45) is 7.24. The first kappa shape index (κ1) is 23.4. The van der Waals surface area contributed by atoms with Crippen LogP contribution in [-0.2, 0) is 0 Å². The van der Waals surface area contributed by atoms with E-state index in [9.17, 15) is 4.79 Å². The zero-order valence-corrected chi connectivity index (χ0v) is 18.9. The van der Waals surface area contributed by atoms with Crippen LogP contribution < -0.4 is 25.0 Å². The summed E-state index contributed by atoms with van der Waals surface area (Å²) >= 11 is 0. The number of urea groups is 1. The molecule has 0 saturated heterocycles. The molecule has 2 N–H and O–H groups in total. The number of nitrogens with one attached hydrogen (secondary N) is 2. The molecule has 2 amide bonds. The first-order valence-corrected chi connectivity index (χ1v) is 11.3. The third-order valence-corrected chi connectivity index (χ3v) is 5.22. The van der Waals surface area contributed by atoms with E-state index in [1.165, 1.54) is 24.8 Å². The highest BCUT2D eigenvalue weighted by Crippen LogP contribution is 2.28. The van der Waals surface area contributed by atoms with E-state index in [0.717, 1.165) is 24.2 Å². The van der Waals surface area contributed by atoms with Gasteiger partial charge in [0.05, 0.1) is 12.8 Å². The molecular weight excluding hydrogens is 406 g/mol. The molecule has 1 aliphatic carbocycles. The molecule has 0 aliphatic heterocycles. The maximum Gasteiger partial charge on any atom is 0.335 e. The Balaban J connectivity index is 1.47. The molecule has 1 fully saturated rings. The Bertz CT molecular complexity index is 877. The Kier molecular flexibility index (Phi) is 9.22. The number of aryl methyl sites for hydroxylation is 1. The lowest BCUT2D eigenvalue weighted by atomic mass is 9.96. The first-order chi connectivity index (χ1) is 15.6. The largest absolute Gasteiger partial charge is 0.490 e. The van der Waals surface area contributed by atoms with Gasteiger partial charge >= 0.3 is 6.03 Å². The summed E-state index contributed by atoms with van der Waals surface area (Å²) in [5.74, 6) is 2.08. The molecule has 0 spiro atoms. The summed E-state index contributed by atoms with van der Waals surface area (Å²) in [6, 6.07) is 13.4. The van der Waals surface area contributed by atoms with E-state index in [1.807, 2.05) is 56.3 Å². The molecule has 32 heavy (non-hydrogen) atoms. The predicted octanol–water partition coefficient (Wildman–Crippen LogP) is 4.82. The van der Waals surface area contributed by atoms with Crippen molar-refractivity contribution in [3.8, 4) is 17.2 Å². The smallest absolute Gasteiger partial charge is 0.335 e. The van der Waals surface area contributed by atoms with Crippen molar-refractivity contribution < 1.29 is 19.0 Å². The van der Waals surface area contributed by atoms with Crippen molar-refractivity contribution in [2.24, 2.45) is 5.10 Å². The third-order valence-electron chi connectivity index (χ3n) is 5.22. The molecule has 172 valence electrons. The number of hydrogen-bond acceptors (Lipinski definition) is 5. The highest BCUT2D eigenvalue weighted by molar-refractivity contribution is 5.82. The summed E-state index contributed by atoms with van der Waals surface area (Å²) in [5.41, 5.74) is 4.53. The molecule has 0 aromatic heterocycles. The van der Waals surface area contributed by atoms with Crippen molar-refractivity contribution in [2.75, 3.05) is 19.8 Å². The number of hydrazone groups is 1. The number of carbonyl (C=O) groups excluding carboxylic acids is 1. The molecule has 7 nitrogen and oxygen atoms in total. The predicted molar refractivity (Wildman–Crippen MR) is 126 cm³/mol. The number of carbonyl (C=O) groups is 1. The average Bonchev–Trinajstić information content (AvgIpc) is 2.80. The van der Waals surface area contributed by atoms with Crippen LogP contribution in [0.25, 0.3) is 0 Å². The maximum absolute atomic E-state index is 12.0. The van der Waals surface area contributed by atoms with E-state index >= 15 is 0 Å². The van der Waals surface area contributed by atoms with Crippen molar-refractivity contribution >= 4 is 12.2 Å². The zero-order chi connectivity index (χ0) is 22.6. The summed E-state index contributed by atoms with van der Waals surface area (Å²) in [5, 5.41) is 7.02. The first-order valence-electron chi connectivity index (χ1n) is 11.3. The number of benzene rings is 2. The van der Waals surface area contributed by atoms with E-state index < -0.39 is 0 Å². The van der Waals surface area contributed by atoms with E-state index in [4.69, 9.17) is 14.2 Å². The van der Waals surface area contributed by atoms with Gasteiger partial charge < -0.3 is 19.5 Å². The molecule has 0 atom stereocenters. The minimum atomic E-state index is -0.272. The quantitative estimate of drug-likeness (QED) is 0.316. The van der Waals surface area contributed by atoms with Gasteiger partial charge in [-0.25, -0.2) is 10.2 Å². The lowest BCUT2D eigenvalue weighted by Gasteiger charge is -2.22. The molecule has 1 saturated carbocycles. The van der Waals surface area contributed by atoms with E-state index in [1.54, 1.807) is 6.21 Å². The summed E-state index contributed by atoms with van der Waals surface area (Å²) in [7, 11) is 0. The summed E-state index contributed by atoms with van der Waals surface area (Å²) < 4.78 is 17.3. The van der Waals surface area contributed by atoms with Gasteiger partial charge in [0.2, 0.25) is 0 Å². The van der Waals surface area contributed by atoms with Gasteiger partial charge in [-0.3, -0.25) is 0 Å². The number of rotatable bonds is 10. The molecule has 0 bridgehead atoms. The number of amides is 2. The Morgan fingerprint density at radius 3 is 2.50 bits per heavy atom. The lowest BCUT2D eigenvalue weighted by molar-refractivity contribution is 0.208. The second-order valence-corrected chi connectivity index (χ2v) is 7.83. The van der Waals surface area contributed by atoms with E-state index in [0.29, 0.717) is 31.3 Å². The number of ether oxygens (including phenoxy) is 3. The Morgan fingerprint density at radius 1 is 1.00 bits per heavy atom. The minimum Gasteiger partial charge on any atom is -0.490 e. The molecule has 1 aliphatic rings. The van der Waals surface area contributed by atoms with Crippen molar-refractivity contribution in [3.63, 3.8) is 0 Å². The average molecular weight is 440 g/mol.